The van der Waals surface area contributed by atoms with Crippen molar-refractivity contribution < 1.29 is 24.2 Å². The second-order valence-corrected chi connectivity index (χ2v) is 6.90. The minimum absolute atomic E-state index is 0.000550. The fourth-order valence-electron chi connectivity index (χ4n) is 2.73. The SMILES string of the molecule is COc1ccc(OC)c(C(O)CNC(=O)c2ccc3c(c2)NC(=O)CS3)c1. The Hall–Kier alpha value is -2.71. The number of amides is 2. The van der Waals surface area contributed by atoms with Crippen molar-refractivity contribution >= 4 is 29.3 Å². The summed E-state index contributed by atoms with van der Waals surface area (Å²) in [5.41, 5.74) is 1.55. The summed E-state index contributed by atoms with van der Waals surface area (Å²) >= 11 is 1.43. The van der Waals surface area contributed by atoms with Crippen molar-refractivity contribution in [1.29, 1.82) is 0 Å². The third-order valence-electron chi connectivity index (χ3n) is 4.13. The fraction of sp³-hybridized carbons (Fsp3) is 0.263. The van der Waals surface area contributed by atoms with E-state index in [0.29, 0.717) is 34.1 Å². The molecule has 2 aromatic carbocycles. The summed E-state index contributed by atoms with van der Waals surface area (Å²) in [6, 6.07) is 10.2. The molecule has 0 radical (unpaired) electrons. The number of aliphatic hydroxyl groups is 1. The van der Waals surface area contributed by atoms with E-state index < -0.39 is 6.10 Å². The summed E-state index contributed by atoms with van der Waals surface area (Å²) in [5, 5.41) is 15.9. The average molecular weight is 388 g/mol. The van der Waals surface area contributed by atoms with Crippen molar-refractivity contribution in [2.75, 3.05) is 31.8 Å². The standard InChI is InChI=1S/C19H20N2O5S/c1-25-12-4-5-16(26-2)13(8-12)15(22)9-20-19(24)11-3-6-17-14(7-11)21-18(23)10-27-17/h3-8,15,22H,9-10H2,1-2H3,(H,20,24)(H,21,23). The van der Waals surface area contributed by atoms with Gasteiger partial charge in [-0.15, -0.1) is 11.8 Å². The van der Waals surface area contributed by atoms with Crippen LogP contribution in [0.2, 0.25) is 0 Å². The van der Waals surface area contributed by atoms with Gasteiger partial charge in [-0.3, -0.25) is 9.59 Å². The van der Waals surface area contributed by atoms with Crippen LogP contribution in [-0.4, -0.2) is 43.4 Å². The highest BCUT2D eigenvalue weighted by molar-refractivity contribution is 8.00. The van der Waals surface area contributed by atoms with Crippen LogP contribution in [0, 0.1) is 0 Å². The van der Waals surface area contributed by atoms with E-state index in [1.807, 2.05) is 0 Å². The van der Waals surface area contributed by atoms with Crippen molar-refractivity contribution in [2.45, 2.75) is 11.0 Å². The Balaban J connectivity index is 1.69. The predicted octanol–water partition coefficient (Wildman–Crippen LogP) is 2.21. The van der Waals surface area contributed by atoms with Crippen LogP contribution in [0.5, 0.6) is 11.5 Å². The highest BCUT2D eigenvalue weighted by atomic mass is 32.2. The monoisotopic (exact) mass is 388 g/mol. The van der Waals surface area contributed by atoms with E-state index in [0.717, 1.165) is 4.90 Å². The van der Waals surface area contributed by atoms with Gasteiger partial charge in [0.15, 0.2) is 0 Å². The Morgan fingerprint density at radius 2 is 2.07 bits per heavy atom. The molecule has 7 nitrogen and oxygen atoms in total. The van der Waals surface area contributed by atoms with Gasteiger partial charge in [0.1, 0.15) is 17.6 Å². The van der Waals surface area contributed by atoms with Crippen molar-refractivity contribution in [2.24, 2.45) is 0 Å². The van der Waals surface area contributed by atoms with E-state index in [-0.39, 0.29) is 18.4 Å². The lowest BCUT2D eigenvalue weighted by molar-refractivity contribution is -0.113. The molecule has 1 unspecified atom stereocenters. The first-order valence-corrected chi connectivity index (χ1v) is 9.25. The second kappa shape index (κ2) is 8.32. The van der Waals surface area contributed by atoms with Gasteiger partial charge in [0, 0.05) is 22.6 Å². The van der Waals surface area contributed by atoms with Gasteiger partial charge in [-0.25, -0.2) is 0 Å². The Morgan fingerprint density at radius 1 is 1.26 bits per heavy atom. The number of hydrogen-bond donors (Lipinski definition) is 3. The van der Waals surface area contributed by atoms with Crippen LogP contribution in [0.3, 0.4) is 0 Å². The Morgan fingerprint density at radius 3 is 2.81 bits per heavy atom. The summed E-state index contributed by atoms with van der Waals surface area (Å²) in [7, 11) is 3.04. The molecular formula is C19H20N2O5S. The number of carbonyl (C=O) groups excluding carboxylic acids is 2. The van der Waals surface area contributed by atoms with Crippen LogP contribution in [0.15, 0.2) is 41.3 Å². The van der Waals surface area contributed by atoms with Crippen molar-refractivity contribution in [3.05, 3.63) is 47.5 Å². The lowest BCUT2D eigenvalue weighted by Gasteiger charge is -2.18. The number of hydrogen-bond acceptors (Lipinski definition) is 6. The molecule has 2 amide bonds. The summed E-state index contributed by atoms with van der Waals surface area (Å²) in [5.74, 6) is 1.02. The summed E-state index contributed by atoms with van der Waals surface area (Å²) < 4.78 is 10.4. The molecular weight excluding hydrogens is 368 g/mol. The number of benzene rings is 2. The topological polar surface area (TPSA) is 96.9 Å². The van der Waals surface area contributed by atoms with Gasteiger partial charge in [0.05, 0.1) is 25.7 Å². The van der Waals surface area contributed by atoms with Crippen LogP contribution in [0.25, 0.3) is 0 Å². The van der Waals surface area contributed by atoms with Crippen LogP contribution < -0.4 is 20.1 Å². The predicted molar refractivity (Wildman–Crippen MR) is 103 cm³/mol. The highest BCUT2D eigenvalue weighted by Crippen LogP contribution is 2.32. The first kappa shape index (κ1) is 19.1. The molecule has 142 valence electrons. The molecule has 3 N–H and O–H groups in total. The molecule has 0 bridgehead atoms. The lowest BCUT2D eigenvalue weighted by Crippen LogP contribution is -2.29. The zero-order valence-corrected chi connectivity index (χ0v) is 15.8. The van der Waals surface area contributed by atoms with Gasteiger partial charge in [-0.1, -0.05) is 0 Å². The molecule has 0 fully saturated rings. The Labute approximate surface area is 161 Å². The number of anilines is 1. The minimum Gasteiger partial charge on any atom is -0.497 e. The molecule has 0 saturated heterocycles. The third-order valence-corrected chi connectivity index (χ3v) is 5.20. The van der Waals surface area contributed by atoms with Gasteiger partial charge in [0.2, 0.25) is 5.91 Å². The maximum Gasteiger partial charge on any atom is 0.251 e. The highest BCUT2D eigenvalue weighted by Gasteiger charge is 2.19. The van der Waals surface area contributed by atoms with E-state index >= 15 is 0 Å². The second-order valence-electron chi connectivity index (χ2n) is 5.88. The van der Waals surface area contributed by atoms with E-state index in [1.165, 1.54) is 26.0 Å². The zero-order chi connectivity index (χ0) is 19.4. The first-order valence-electron chi connectivity index (χ1n) is 8.26. The lowest BCUT2D eigenvalue weighted by atomic mass is 10.1. The average Bonchev–Trinajstić information content (AvgIpc) is 2.70. The molecule has 1 aliphatic heterocycles. The molecule has 0 aromatic heterocycles. The molecule has 1 heterocycles. The van der Waals surface area contributed by atoms with Crippen molar-refractivity contribution in [3.8, 4) is 11.5 Å². The largest absolute Gasteiger partial charge is 0.497 e. The maximum atomic E-state index is 12.4. The molecule has 1 atom stereocenters. The van der Waals surface area contributed by atoms with E-state index in [2.05, 4.69) is 10.6 Å². The van der Waals surface area contributed by atoms with Crippen molar-refractivity contribution in [3.63, 3.8) is 0 Å². The van der Waals surface area contributed by atoms with Crippen LogP contribution >= 0.6 is 11.8 Å². The minimum atomic E-state index is -0.966. The quantitative estimate of drug-likeness (QED) is 0.702. The number of fused-ring (bicyclic) bond motifs is 1. The Bertz CT molecular complexity index is 871. The molecule has 2 aromatic rings. The molecule has 0 aliphatic carbocycles. The smallest absolute Gasteiger partial charge is 0.251 e. The van der Waals surface area contributed by atoms with E-state index in [4.69, 9.17) is 9.47 Å². The number of ether oxygens (including phenoxy) is 2. The molecule has 0 saturated carbocycles. The Kier molecular flexibility index (Phi) is 5.88. The van der Waals surface area contributed by atoms with Gasteiger partial charge in [0.25, 0.3) is 5.91 Å². The van der Waals surface area contributed by atoms with Crippen LogP contribution in [-0.2, 0) is 4.79 Å². The third kappa shape index (κ3) is 4.35. The summed E-state index contributed by atoms with van der Waals surface area (Å²) in [6.07, 6.45) is -0.966. The van der Waals surface area contributed by atoms with Crippen LogP contribution in [0.4, 0.5) is 5.69 Å². The fourth-order valence-corrected chi connectivity index (χ4v) is 3.51. The van der Waals surface area contributed by atoms with Crippen molar-refractivity contribution in [1.82, 2.24) is 5.32 Å². The number of carbonyl (C=O) groups is 2. The molecule has 27 heavy (non-hydrogen) atoms. The van der Waals surface area contributed by atoms with Gasteiger partial charge < -0.3 is 25.2 Å². The molecule has 1 aliphatic rings. The van der Waals surface area contributed by atoms with E-state index in [1.54, 1.807) is 36.4 Å². The molecule has 3 rings (SSSR count). The number of methoxy groups -OCH3 is 2. The van der Waals surface area contributed by atoms with Gasteiger partial charge in [-0.05, 0) is 36.4 Å². The zero-order valence-electron chi connectivity index (χ0n) is 14.9. The first-order chi connectivity index (χ1) is 13.0. The number of nitrogens with one attached hydrogen (secondary N) is 2. The van der Waals surface area contributed by atoms with Crippen LogP contribution in [0.1, 0.15) is 22.0 Å². The normalized spacial score (nSPS) is 14.0. The van der Waals surface area contributed by atoms with Gasteiger partial charge in [-0.2, -0.15) is 0 Å². The van der Waals surface area contributed by atoms with E-state index in [9.17, 15) is 14.7 Å². The summed E-state index contributed by atoms with van der Waals surface area (Å²) in [6.45, 7) is 0.000550. The maximum absolute atomic E-state index is 12.4. The summed E-state index contributed by atoms with van der Waals surface area (Å²) in [4.78, 5) is 24.9. The number of thioether (sulfide) groups is 1. The van der Waals surface area contributed by atoms with Gasteiger partial charge >= 0.3 is 0 Å². The molecule has 0 spiro atoms. The number of rotatable bonds is 6. The number of aliphatic hydroxyl groups excluding tert-OH is 1. The molecule has 8 heteroatoms.